The second-order valence-electron chi connectivity index (χ2n) is 3.85. The Morgan fingerprint density at radius 3 is 2.69 bits per heavy atom. The third-order valence-corrected chi connectivity index (χ3v) is 3.13. The van der Waals surface area contributed by atoms with Crippen molar-refractivity contribution >= 4 is 11.3 Å². The molecule has 1 aromatic heterocycles. The topological polar surface area (TPSA) is 38.9 Å². The van der Waals surface area contributed by atoms with Crippen LogP contribution >= 0.6 is 11.3 Å². The first-order valence-corrected chi connectivity index (χ1v) is 5.98. The van der Waals surface area contributed by atoms with Crippen molar-refractivity contribution < 1.29 is 13.2 Å². The first-order chi connectivity index (χ1) is 7.37. The first kappa shape index (κ1) is 13.4. The van der Waals surface area contributed by atoms with Crippen LogP contribution < -0.4 is 5.73 Å². The van der Waals surface area contributed by atoms with Crippen molar-refractivity contribution in [2.45, 2.75) is 44.8 Å². The molecule has 0 aliphatic rings. The summed E-state index contributed by atoms with van der Waals surface area (Å²) in [5.74, 6) is 0. The van der Waals surface area contributed by atoms with E-state index in [4.69, 9.17) is 5.73 Å². The van der Waals surface area contributed by atoms with Crippen LogP contribution in [-0.4, -0.2) is 17.2 Å². The second kappa shape index (κ2) is 5.63. The number of aryl methyl sites for hydroxylation is 1. The van der Waals surface area contributed by atoms with Gasteiger partial charge in [0.05, 0.1) is 5.01 Å². The van der Waals surface area contributed by atoms with Gasteiger partial charge >= 0.3 is 6.18 Å². The highest BCUT2D eigenvalue weighted by Crippen LogP contribution is 2.23. The third-order valence-electron chi connectivity index (χ3n) is 2.14. The van der Waals surface area contributed by atoms with E-state index >= 15 is 0 Å². The van der Waals surface area contributed by atoms with Crippen LogP contribution in [0.4, 0.5) is 13.2 Å². The summed E-state index contributed by atoms with van der Waals surface area (Å²) in [5, 5.41) is 2.81. The van der Waals surface area contributed by atoms with Crippen molar-refractivity contribution in [3.63, 3.8) is 0 Å². The molecule has 0 saturated carbocycles. The Kier molecular flexibility index (Phi) is 4.73. The van der Waals surface area contributed by atoms with Crippen molar-refractivity contribution in [2.24, 2.45) is 5.73 Å². The third kappa shape index (κ3) is 5.46. The summed E-state index contributed by atoms with van der Waals surface area (Å²) in [7, 11) is 0. The number of aromatic nitrogens is 1. The molecule has 1 aromatic rings. The van der Waals surface area contributed by atoms with Crippen LogP contribution in [0.3, 0.4) is 0 Å². The summed E-state index contributed by atoms with van der Waals surface area (Å²) in [6.45, 7) is 1.88. The van der Waals surface area contributed by atoms with Crippen LogP contribution in [0.25, 0.3) is 0 Å². The number of alkyl halides is 3. The lowest BCUT2D eigenvalue weighted by Gasteiger charge is -2.10. The lowest BCUT2D eigenvalue weighted by Crippen LogP contribution is -2.23. The number of hydrogen-bond donors (Lipinski definition) is 1. The zero-order valence-electron chi connectivity index (χ0n) is 9.05. The maximum Gasteiger partial charge on any atom is 0.389 e. The largest absolute Gasteiger partial charge is 0.389 e. The molecule has 0 amide bonds. The molecule has 1 heterocycles. The average molecular weight is 252 g/mol. The molecule has 0 radical (unpaired) electrons. The number of halogens is 3. The molecule has 0 spiro atoms. The van der Waals surface area contributed by atoms with Crippen LogP contribution in [0.5, 0.6) is 0 Å². The normalized spacial score (nSPS) is 14.1. The van der Waals surface area contributed by atoms with E-state index in [1.165, 1.54) is 11.3 Å². The number of thiazole rings is 1. The van der Waals surface area contributed by atoms with Crippen LogP contribution in [-0.2, 0) is 6.42 Å². The zero-order valence-corrected chi connectivity index (χ0v) is 9.87. The highest BCUT2D eigenvalue weighted by molar-refractivity contribution is 7.09. The summed E-state index contributed by atoms with van der Waals surface area (Å²) >= 11 is 1.50. The molecule has 0 aliphatic heterocycles. The molecule has 0 aliphatic carbocycles. The SMILES string of the molecule is Cc1csc(CC(N)CCCC(F)(F)F)n1. The molecule has 0 saturated heterocycles. The van der Waals surface area contributed by atoms with Gasteiger partial charge in [0.15, 0.2) is 0 Å². The van der Waals surface area contributed by atoms with Gasteiger partial charge in [0.2, 0.25) is 0 Å². The quantitative estimate of drug-likeness (QED) is 0.874. The summed E-state index contributed by atoms with van der Waals surface area (Å²) in [4.78, 5) is 4.22. The summed E-state index contributed by atoms with van der Waals surface area (Å²) in [6, 6.07) is -0.229. The summed E-state index contributed by atoms with van der Waals surface area (Å²) in [6.07, 6.45) is -3.78. The number of nitrogens with zero attached hydrogens (tertiary/aromatic N) is 1. The first-order valence-electron chi connectivity index (χ1n) is 5.10. The maximum absolute atomic E-state index is 11.9. The molecular weight excluding hydrogens is 237 g/mol. The van der Waals surface area contributed by atoms with Crippen molar-refractivity contribution in [3.05, 3.63) is 16.1 Å². The van der Waals surface area contributed by atoms with E-state index in [1.54, 1.807) is 0 Å². The highest BCUT2D eigenvalue weighted by Gasteiger charge is 2.26. The Bertz CT molecular complexity index is 322. The van der Waals surface area contributed by atoms with Gasteiger partial charge in [0, 0.05) is 30.0 Å². The second-order valence-corrected chi connectivity index (χ2v) is 4.80. The molecule has 1 atom stereocenters. The Morgan fingerprint density at radius 2 is 2.19 bits per heavy atom. The minimum absolute atomic E-state index is 0.0923. The molecule has 6 heteroatoms. The predicted molar refractivity (Wildman–Crippen MR) is 58.4 cm³/mol. The van der Waals surface area contributed by atoms with Crippen molar-refractivity contribution in [3.8, 4) is 0 Å². The van der Waals surface area contributed by atoms with Crippen LogP contribution in [0, 0.1) is 6.92 Å². The van der Waals surface area contributed by atoms with Gasteiger partial charge in [-0.25, -0.2) is 4.98 Å². The summed E-state index contributed by atoms with van der Waals surface area (Å²) in [5.41, 5.74) is 6.68. The lowest BCUT2D eigenvalue weighted by atomic mass is 10.1. The minimum atomic E-state index is -4.07. The Hall–Kier alpha value is -0.620. The molecule has 1 unspecified atom stereocenters. The predicted octanol–water partition coefficient (Wildman–Crippen LogP) is 3.05. The van der Waals surface area contributed by atoms with Gasteiger partial charge in [0.1, 0.15) is 0 Å². The van der Waals surface area contributed by atoms with Gasteiger partial charge in [-0.3, -0.25) is 0 Å². The Balaban J connectivity index is 2.23. The van der Waals surface area contributed by atoms with Gasteiger partial charge < -0.3 is 5.73 Å². The molecule has 0 fully saturated rings. The van der Waals surface area contributed by atoms with E-state index in [-0.39, 0.29) is 12.5 Å². The highest BCUT2D eigenvalue weighted by atomic mass is 32.1. The fraction of sp³-hybridized carbons (Fsp3) is 0.700. The Morgan fingerprint density at radius 1 is 1.50 bits per heavy atom. The van der Waals surface area contributed by atoms with E-state index in [2.05, 4.69) is 4.98 Å². The average Bonchev–Trinajstić information content (AvgIpc) is 2.48. The van der Waals surface area contributed by atoms with Crippen molar-refractivity contribution in [2.75, 3.05) is 0 Å². The van der Waals surface area contributed by atoms with Crippen molar-refractivity contribution in [1.82, 2.24) is 4.98 Å². The smallest absolute Gasteiger partial charge is 0.327 e. The number of hydrogen-bond acceptors (Lipinski definition) is 3. The van der Waals surface area contributed by atoms with Gasteiger partial charge in [-0.05, 0) is 19.8 Å². The molecule has 0 bridgehead atoms. The van der Waals surface area contributed by atoms with Gasteiger partial charge in [-0.2, -0.15) is 13.2 Å². The lowest BCUT2D eigenvalue weighted by molar-refractivity contribution is -0.135. The standard InChI is InChI=1S/C10H15F3N2S/c1-7-6-16-9(15-7)5-8(14)3-2-4-10(11,12)13/h6,8H,2-5,14H2,1H3. The van der Waals surface area contributed by atoms with Crippen LogP contribution in [0.15, 0.2) is 5.38 Å². The van der Waals surface area contributed by atoms with E-state index < -0.39 is 12.6 Å². The van der Waals surface area contributed by atoms with Gasteiger partial charge in [-0.1, -0.05) is 0 Å². The molecule has 16 heavy (non-hydrogen) atoms. The van der Waals surface area contributed by atoms with E-state index in [9.17, 15) is 13.2 Å². The zero-order chi connectivity index (χ0) is 12.2. The number of rotatable bonds is 5. The van der Waals surface area contributed by atoms with E-state index in [0.29, 0.717) is 12.8 Å². The number of nitrogens with two attached hydrogens (primary N) is 1. The molecular formula is C10H15F3N2S. The molecule has 2 N–H and O–H groups in total. The summed E-state index contributed by atoms with van der Waals surface area (Å²) < 4.78 is 35.7. The minimum Gasteiger partial charge on any atom is -0.327 e. The Labute approximate surface area is 96.7 Å². The van der Waals surface area contributed by atoms with E-state index in [1.807, 2.05) is 12.3 Å². The van der Waals surface area contributed by atoms with Gasteiger partial charge in [0.25, 0.3) is 0 Å². The maximum atomic E-state index is 11.9. The fourth-order valence-corrected chi connectivity index (χ4v) is 2.25. The monoisotopic (exact) mass is 252 g/mol. The van der Waals surface area contributed by atoms with Crippen LogP contribution in [0.1, 0.15) is 30.0 Å². The van der Waals surface area contributed by atoms with Crippen LogP contribution in [0.2, 0.25) is 0 Å². The van der Waals surface area contributed by atoms with Gasteiger partial charge in [-0.15, -0.1) is 11.3 Å². The molecule has 0 aromatic carbocycles. The molecule has 2 nitrogen and oxygen atoms in total. The molecule has 92 valence electrons. The van der Waals surface area contributed by atoms with Crippen molar-refractivity contribution in [1.29, 1.82) is 0 Å². The molecule has 1 rings (SSSR count). The fourth-order valence-electron chi connectivity index (χ4n) is 1.39. The van der Waals surface area contributed by atoms with E-state index in [0.717, 1.165) is 10.7 Å².